The maximum atomic E-state index is 12.9. The van der Waals surface area contributed by atoms with E-state index in [1.54, 1.807) is 36.5 Å². The molecule has 4 rings (SSSR count). The molecular formula is C21H22ClN3O2. The molecule has 3 aromatic rings. The summed E-state index contributed by atoms with van der Waals surface area (Å²) in [6.07, 6.45) is 9.67. The van der Waals surface area contributed by atoms with Crippen LogP contribution in [0.25, 0.3) is 16.6 Å². The predicted molar refractivity (Wildman–Crippen MR) is 108 cm³/mol. The Hall–Kier alpha value is -2.40. The van der Waals surface area contributed by atoms with Crippen molar-refractivity contribution in [2.24, 2.45) is 0 Å². The smallest absolute Gasteiger partial charge is 0.265 e. The number of hydrogen-bond donors (Lipinski definition) is 1. The highest BCUT2D eigenvalue weighted by atomic mass is 35.5. The Morgan fingerprint density at radius 1 is 1.11 bits per heavy atom. The lowest BCUT2D eigenvalue weighted by molar-refractivity contribution is 0.0931. The van der Waals surface area contributed by atoms with E-state index in [2.05, 4.69) is 10.3 Å². The molecule has 1 aliphatic rings. The molecule has 140 valence electrons. The van der Waals surface area contributed by atoms with E-state index in [-0.39, 0.29) is 17.5 Å². The van der Waals surface area contributed by atoms with E-state index in [1.807, 2.05) is 0 Å². The lowest BCUT2D eigenvalue weighted by atomic mass is 9.96. The second-order valence-corrected chi connectivity index (χ2v) is 7.65. The topological polar surface area (TPSA) is 63.5 Å². The summed E-state index contributed by atoms with van der Waals surface area (Å²) in [7, 11) is 0. The summed E-state index contributed by atoms with van der Waals surface area (Å²) >= 11 is 6.05. The van der Waals surface area contributed by atoms with Gasteiger partial charge in [-0.3, -0.25) is 14.0 Å². The molecule has 0 saturated heterocycles. The minimum Gasteiger partial charge on any atom is -0.349 e. The number of pyridine rings is 1. The van der Waals surface area contributed by atoms with Crippen LogP contribution >= 0.6 is 11.6 Å². The Balaban J connectivity index is 1.73. The van der Waals surface area contributed by atoms with Gasteiger partial charge in [-0.05, 0) is 43.2 Å². The Labute approximate surface area is 162 Å². The van der Waals surface area contributed by atoms with Crippen molar-refractivity contribution in [1.82, 2.24) is 14.7 Å². The number of carbonyl (C=O) groups is 1. The summed E-state index contributed by atoms with van der Waals surface area (Å²) in [5.74, 6) is -0.174. The first-order valence-corrected chi connectivity index (χ1v) is 9.93. The van der Waals surface area contributed by atoms with Gasteiger partial charge in [-0.2, -0.15) is 0 Å². The van der Waals surface area contributed by atoms with Gasteiger partial charge in [-0.15, -0.1) is 0 Å². The number of rotatable bonds is 2. The van der Waals surface area contributed by atoms with Crippen molar-refractivity contribution < 1.29 is 4.79 Å². The number of benzene rings is 1. The van der Waals surface area contributed by atoms with E-state index in [0.717, 1.165) is 25.7 Å². The SMILES string of the molecule is O=C(NC1CCCCCCC1)c1cccn2c(=O)c3ccc(Cl)cc3nc12. The van der Waals surface area contributed by atoms with Crippen LogP contribution in [-0.2, 0) is 0 Å². The molecular weight excluding hydrogens is 362 g/mol. The second kappa shape index (κ2) is 7.69. The zero-order valence-corrected chi connectivity index (χ0v) is 15.8. The van der Waals surface area contributed by atoms with Crippen molar-refractivity contribution in [1.29, 1.82) is 0 Å². The molecule has 6 heteroatoms. The van der Waals surface area contributed by atoms with E-state index in [0.29, 0.717) is 27.1 Å². The van der Waals surface area contributed by atoms with Crippen LogP contribution in [0.1, 0.15) is 55.3 Å². The van der Waals surface area contributed by atoms with Crippen LogP contribution in [0.5, 0.6) is 0 Å². The number of nitrogens with one attached hydrogen (secondary N) is 1. The summed E-state index contributed by atoms with van der Waals surface area (Å²) in [4.78, 5) is 30.3. The summed E-state index contributed by atoms with van der Waals surface area (Å²) < 4.78 is 1.43. The van der Waals surface area contributed by atoms with Gasteiger partial charge in [0.15, 0.2) is 5.65 Å². The molecule has 1 N–H and O–H groups in total. The normalized spacial score (nSPS) is 16.2. The van der Waals surface area contributed by atoms with Gasteiger partial charge in [0.05, 0.1) is 16.5 Å². The average molecular weight is 384 g/mol. The number of amides is 1. The first-order chi connectivity index (χ1) is 13.1. The summed E-state index contributed by atoms with van der Waals surface area (Å²) in [6, 6.07) is 8.61. The molecule has 5 nitrogen and oxygen atoms in total. The van der Waals surface area contributed by atoms with Crippen molar-refractivity contribution in [3.8, 4) is 0 Å². The Kier molecular flexibility index (Phi) is 5.12. The van der Waals surface area contributed by atoms with Gasteiger partial charge in [0.2, 0.25) is 0 Å². The first kappa shape index (κ1) is 18.0. The van der Waals surface area contributed by atoms with Crippen molar-refractivity contribution >= 4 is 34.1 Å². The summed E-state index contributed by atoms with van der Waals surface area (Å²) in [5.41, 5.74) is 1.07. The molecule has 1 aliphatic carbocycles. The van der Waals surface area contributed by atoms with E-state index in [4.69, 9.17) is 11.6 Å². The highest BCUT2D eigenvalue weighted by Crippen LogP contribution is 2.19. The van der Waals surface area contributed by atoms with Crippen LogP contribution in [0.4, 0.5) is 0 Å². The highest BCUT2D eigenvalue weighted by Gasteiger charge is 2.18. The fourth-order valence-corrected chi connectivity index (χ4v) is 4.01. The zero-order valence-electron chi connectivity index (χ0n) is 15.1. The van der Waals surface area contributed by atoms with Crippen molar-refractivity contribution in [3.05, 3.63) is 57.5 Å². The monoisotopic (exact) mass is 383 g/mol. The minimum atomic E-state index is -0.202. The number of aromatic nitrogens is 2. The third-order valence-corrected chi connectivity index (χ3v) is 5.52. The standard InChI is InChI=1S/C21H22ClN3O2/c22-14-10-11-16-18(13-14)24-19-17(9-6-12-25(19)21(16)27)20(26)23-15-7-4-2-1-3-5-8-15/h6,9-13,15H,1-5,7-8H2,(H,23,26). The van der Waals surface area contributed by atoms with Crippen LogP contribution in [0, 0.1) is 0 Å². The van der Waals surface area contributed by atoms with Gasteiger partial charge in [-0.1, -0.05) is 43.7 Å². The van der Waals surface area contributed by atoms with Crippen molar-refractivity contribution in [2.75, 3.05) is 0 Å². The maximum absolute atomic E-state index is 12.9. The van der Waals surface area contributed by atoms with Crippen LogP contribution < -0.4 is 10.9 Å². The first-order valence-electron chi connectivity index (χ1n) is 9.55. The molecule has 0 radical (unpaired) electrons. The molecule has 0 bridgehead atoms. The van der Waals surface area contributed by atoms with Gasteiger partial charge >= 0.3 is 0 Å². The van der Waals surface area contributed by atoms with Gasteiger partial charge in [0.1, 0.15) is 0 Å². The zero-order chi connectivity index (χ0) is 18.8. The largest absolute Gasteiger partial charge is 0.349 e. The number of hydrogen-bond acceptors (Lipinski definition) is 3. The predicted octanol–water partition coefficient (Wildman–Crippen LogP) is 4.34. The lowest BCUT2D eigenvalue weighted by Gasteiger charge is -2.21. The van der Waals surface area contributed by atoms with E-state index < -0.39 is 0 Å². The third kappa shape index (κ3) is 3.69. The van der Waals surface area contributed by atoms with Crippen LogP contribution in [0.3, 0.4) is 0 Å². The van der Waals surface area contributed by atoms with Crippen LogP contribution in [0.2, 0.25) is 5.02 Å². The van der Waals surface area contributed by atoms with E-state index in [9.17, 15) is 9.59 Å². The fraction of sp³-hybridized carbons (Fsp3) is 0.381. The molecule has 1 amide bonds. The van der Waals surface area contributed by atoms with Crippen molar-refractivity contribution in [3.63, 3.8) is 0 Å². The highest BCUT2D eigenvalue weighted by molar-refractivity contribution is 6.31. The molecule has 0 aliphatic heterocycles. The molecule has 0 atom stereocenters. The molecule has 1 aromatic carbocycles. The molecule has 0 spiro atoms. The molecule has 1 fully saturated rings. The summed E-state index contributed by atoms with van der Waals surface area (Å²) in [6.45, 7) is 0. The quantitative estimate of drug-likeness (QED) is 0.669. The van der Waals surface area contributed by atoms with Crippen molar-refractivity contribution in [2.45, 2.75) is 51.0 Å². The van der Waals surface area contributed by atoms with E-state index in [1.165, 1.54) is 23.7 Å². The molecule has 0 unspecified atom stereocenters. The second-order valence-electron chi connectivity index (χ2n) is 7.21. The molecule has 2 aromatic heterocycles. The van der Waals surface area contributed by atoms with E-state index >= 15 is 0 Å². The number of carbonyl (C=O) groups excluding carboxylic acids is 1. The number of halogens is 1. The van der Waals surface area contributed by atoms with Gasteiger partial charge in [0.25, 0.3) is 11.5 Å². The minimum absolute atomic E-state index is 0.174. The average Bonchev–Trinajstić information content (AvgIpc) is 2.63. The lowest BCUT2D eigenvalue weighted by Crippen LogP contribution is -2.36. The Morgan fingerprint density at radius 2 is 1.85 bits per heavy atom. The molecule has 2 heterocycles. The summed E-state index contributed by atoms with van der Waals surface area (Å²) in [5, 5.41) is 4.14. The maximum Gasteiger partial charge on any atom is 0.265 e. The van der Waals surface area contributed by atoms with Gasteiger partial charge in [-0.25, -0.2) is 4.98 Å². The molecule has 1 saturated carbocycles. The van der Waals surface area contributed by atoms with Crippen LogP contribution in [-0.4, -0.2) is 21.3 Å². The van der Waals surface area contributed by atoms with Gasteiger partial charge < -0.3 is 5.32 Å². The Morgan fingerprint density at radius 3 is 2.63 bits per heavy atom. The number of fused-ring (bicyclic) bond motifs is 2. The third-order valence-electron chi connectivity index (χ3n) is 5.29. The molecule has 27 heavy (non-hydrogen) atoms. The fourth-order valence-electron chi connectivity index (χ4n) is 3.84. The number of nitrogens with zero attached hydrogens (tertiary/aromatic N) is 2. The van der Waals surface area contributed by atoms with Crippen LogP contribution in [0.15, 0.2) is 41.3 Å². The van der Waals surface area contributed by atoms with Gasteiger partial charge in [0, 0.05) is 17.3 Å². The Bertz CT molecular complexity index is 1050.